The second-order valence-electron chi connectivity index (χ2n) is 7.39. The first-order valence-electron chi connectivity index (χ1n) is 9.86. The molecule has 3 aromatic rings. The zero-order chi connectivity index (χ0) is 21.1. The van der Waals surface area contributed by atoms with Crippen molar-refractivity contribution in [3.8, 4) is 5.75 Å². The molecule has 0 unspecified atom stereocenters. The standard InChI is InChI=1S/C22H23ClN4O3/c1-30-18-4-2-15(3-5-18)14-27-11-8-24-20(27)16-6-9-26(10-7-16)22(29)19-12-17(23)13-25-21(19)28/h2-5,8,11-13,16H,6-7,9-10,14H2,1H3,(H,25,28). The van der Waals surface area contributed by atoms with Crippen molar-refractivity contribution < 1.29 is 9.53 Å². The van der Waals surface area contributed by atoms with Crippen LogP contribution in [-0.2, 0) is 6.54 Å². The number of aromatic amines is 1. The molecule has 1 aromatic carbocycles. The molecule has 1 amide bonds. The van der Waals surface area contributed by atoms with Gasteiger partial charge in [0, 0.05) is 44.1 Å². The predicted molar refractivity (Wildman–Crippen MR) is 114 cm³/mol. The maximum Gasteiger partial charge on any atom is 0.260 e. The van der Waals surface area contributed by atoms with Crippen molar-refractivity contribution in [1.29, 1.82) is 0 Å². The number of piperidine rings is 1. The Morgan fingerprint density at radius 1 is 1.27 bits per heavy atom. The van der Waals surface area contributed by atoms with Gasteiger partial charge in [-0.3, -0.25) is 9.59 Å². The van der Waals surface area contributed by atoms with Crippen LogP contribution in [0.1, 0.15) is 40.5 Å². The number of hydrogen-bond donors (Lipinski definition) is 1. The minimum absolute atomic E-state index is 0.0851. The van der Waals surface area contributed by atoms with Crippen LogP contribution in [0.2, 0.25) is 5.02 Å². The summed E-state index contributed by atoms with van der Waals surface area (Å²) in [6.07, 6.45) is 6.79. The second kappa shape index (κ2) is 8.75. The van der Waals surface area contributed by atoms with Gasteiger partial charge in [-0.1, -0.05) is 23.7 Å². The van der Waals surface area contributed by atoms with E-state index in [0.29, 0.717) is 18.1 Å². The highest BCUT2D eigenvalue weighted by molar-refractivity contribution is 6.30. The van der Waals surface area contributed by atoms with Gasteiger partial charge in [-0.15, -0.1) is 0 Å². The summed E-state index contributed by atoms with van der Waals surface area (Å²) in [6, 6.07) is 9.43. The van der Waals surface area contributed by atoms with Crippen LogP contribution in [0.25, 0.3) is 0 Å². The van der Waals surface area contributed by atoms with Crippen molar-refractivity contribution in [2.45, 2.75) is 25.3 Å². The number of carbonyl (C=O) groups excluding carboxylic acids is 1. The van der Waals surface area contributed by atoms with Crippen molar-refractivity contribution in [2.75, 3.05) is 20.2 Å². The molecule has 0 aliphatic carbocycles. The Hall–Kier alpha value is -3.06. The highest BCUT2D eigenvalue weighted by Crippen LogP contribution is 2.28. The summed E-state index contributed by atoms with van der Waals surface area (Å²) in [5.74, 6) is 1.84. The lowest BCUT2D eigenvalue weighted by Gasteiger charge is -2.32. The number of methoxy groups -OCH3 is 1. The fraction of sp³-hybridized carbons (Fsp3) is 0.318. The van der Waals surface area contributed by atoms with Crippen molar-refractivity contribution in [2.24, 2.45) is 0 Å². The van der Waals surface area contributed by atoms with E-state index in [-0.39, 0.29) is 17.4 Å². The molecule has 0 atom stereocenters. The molecule has 1 saturated heterocycles. The number of halogens is 1. The van der Waals surface area contributed by atoms with Gasteiger partial charge < -0.3 is 19.2 Å². The smallest absolute Gasteiger partial charge is 0.260 e. The van der Waals surface area contributed by atoms with Crippen LogP contribution in [0, 0.1) is 0 Å². The minimum Gasteiger partial charge on any atom is -0.497 e. The van der Waals surface area contributed by atoms with Crippen LogP contribution in [0.5, 0.6) is 5.75 Å². The highest BCUT2D eigenvalue weighted by Gasteiger charge is 2.28. The lowest BCUT2D eigenvalue weighted by atomic mass is 9.95. The lowest BCUT2D eigenvalue weighted by Crippen LogP contribution is -2.40. The number of hydrogen-bond acceptors (Lipinski definition) is 4. The van der Waals surface area contributed by atoms with E-state index >= 15 is 0 Å². The molecule has 0 saturated carbocycles. The normalized spacial score (nSPS) is 14.7. The van der Waals surface area contributed by atoms with Crippen LogP contribution in [0.3, 0.4) is 0 Å². The van der Waals surface area contributed by atoms with Gasteiger partial charge in [-0.2, -0.15) is 0 Å². The Morgan fingerprint density at radius 2 is 2.00 bits per heavy atom. The molecule has 0 bridgehead atoms. The average molecular weight is 427 g/mol. The molecule has 1 N–H and O–H groups in total. The zero-order valence-electron chi connectivity index (χ0n) is 16.7. The van der Waals surface area contributed by atoms with Gasteiger partial charge in [0.2, 0.25) is 0 Å². The number of amides is 1. The largest absolute Gasteiger partial charge is 0.497 e. The maximum atomic E-state index is 12.7. The first-order chi connectivity index (χ1) is 14.5. The molecule has 2 aromatic heterocycles. The van der Waals surface area contributed by atoms with Gasteiger partial charge >= 0.3 is 0 Å². The molecule has 4 rings (SSSR count). The third-order valence-corrected chi connectivity index (χ3v) is 5.72. The lowest BCUT2D eigenvalue weighted by molar-refractivity contribution is 0.0708. The molecule has 3 heterocycles. The van der Waals surface area contributed by atoms with Crippen molar-refractivity contribution in [3.63, 3.8) is 0 Å². The molecule has 1 aliphatic heterocycles. The maximum absolute atomic E-state index is 12.7. The summed E-state index contributed by atoms with van der Waals surface area (Å²) in [6.45, 7) is 1.88. The van der Waals surface area contributed by atoms with Crippen LogP contribution in [-0.4, -0.2) is 45.5 Å². The number of nitrogens with one attached hydrogen (secondary N) is 1. The molecule has 1 fully saturated rings. The van der Waals surface area contributed by atoms with Gasteiger partial charge in [0.25, 0.3) is 11.5 Å². The van der Waals surface area contributed by atoms with Gasteiger partial charge in [-0.05, 0) is 36.6 Å². The van der Waals surface area contributed by atoms with Crippen LogP contribution >= 0.6 is 11.6 Å². The van der Waals surface area contributed by atoms with Crippen molar-refractivity contribution >= 4 is 17.5 Å². The molecule has 8 heteroatoms. The van der Waals surface area contributed by atoms with E-state index in [1.807, 2.05) is 36.7 Å². The Morgan fingerprint density at radius 3 is 2.70 bits per heavy atom. The van der Waals surface area contributed by atoms with E-state index in [1.54, 1.807) is 12.0 Å². The Bertz CT molecular complexity index is 1080. The quantitative estimate of drug-likeness (QED) is 0.678. The molecule has 30 heavy (non-hydrogen) atoms. The number of pyridine rings is 1. The Balaban J connectivity index is 1.42. The topological polar surface area (TPSA) is 80.2 Å². The third-order valence-electron chi connectivity index (χ3n) is 5.51. The summed E-state index contributed by atoms with van der Waals surface area (Å²) in [4.78, 5) is 33.5. The Labute approximate surface area is 179 Å². The van der Waals surface area contributed by atoms with Crippen LogP contribution < -0.4 is 10.3 Å². The first-order valence-corrected chi connectivity index (χ1v) is 10.2. The van der Waals surface area contributed by atoms with Gasteiger partial charge in [0.1, 0.15) is 17.1 Å². The molecule has 0 spiro atoms. The monoisotopic (exact) mass is 426 g/mol. The summed E-state index contributed by atoms with van der Waals surface area (Å²) in [5.41, 5.74) is 0.839. The number of ether oxygens (including phenoxy) is 1. The summed E-state index contributed by atoms with van der Waals surface area (Å²) in [5, 5.41) is 0.341. The van der Waals surface area contributed by atoms with Crippen molar-refractivity contribution in [3.05, 3.63) is 81.3 Å². The molecular formula is C22H23ClN4O3. The van der Waals surface area contributed by atoms with E-state index in [4.69, 9.17) is 16.3 Å². The van der Waals surface area contributed by atoms with Gasteiger partial charge in [0.05, 0.1) is 12.1 Å². The SMILES string of the molecule is COc1ccc(Cn2ccnc2C2CCN(C(=O)c3cc(Cl)c[nH]c3=O)CC2)cc1. The summed E-state index contributed by atoms with van der Waals surface area (Å²) in [7, 11) is 1.66. The number of likely N-dealkylation sites (tertiary alicyclic amines) is 1. The van der Waals surface area contributed by atoms with E-state index in [9.17, 15) is 9.59 Å². The van der Waals surface area contributed by atoms with Crippen molar-refractivity contribution in [1.82, 2.24) is 19.4 Å². The summed E-state index contributed by atoms with van der Waals surface area (Å²) < 4.78 is 7.38. The number of imidazole rings is 1. The number of aromatic nitrogens is 3. The van der Waals surface area contributed by atoms with E-state index in [0.717, 1.165) is 31.0 Å². The fourth-order valence-corrected chi connectivity index (χ4v) is 4.03. The number of benzene rings is 1. The summed E-state index contributed by atoms with van der Waals surface area (Å²) >= 11 is 5.93. The fourth-order valence-electron chi connectivity index (χ4n) is 3.87. The number of rotatable bonds is 5. The number of H-pyrrole nitrogens is 1. The van der Waals surface area contributed by atoms with Gasteiger partial charge in [0.15, 0.2) is 0 Å². The second-order valence-corrected chi connectivity index (χ2v) is 7.83. The van der Waals surface area contributed by atoms with E-state index in [2.05, 4.69) is 14.5 Å². The minimum atomic E-state index is -0.415. The highest BCUT2D eigenvalue weighted by atomic mass is 35.5. The predicted octanol–water partition coefficient (Wildman–Crippen LogP) is 3.30. The zero-order valence-corrected chi connectivity index (χ0v) is 17.4. The number of carbonyl (C=O) groups is 1. The van der Waals surface area contributed by atoms with Crippen LogP contribution in [0.4, 0.5) is 0 Å². The number of nitrogens with zero attached hydrogens (tertiary/aromatic N) is 3. The first kappa shape index (κ1) is 20.2. The molecule has 1 aliphatic rings. The average Bonchev–Trinajstić information content (AvgIpc) is 3.23. The molecular weight excluding hydrogens is 404 g/mol. The molecule has 7 nitrogen and oxygen atoms in total. The molecule has 0 radical (unpaired) electrons. The van der Waals surface area contributed by atoms with E-state index in [1.165, 1.54) is 17.8 Å². The third kappa shape index (κ3) is 4.26. The Kier molecular flexibility index (Phi) is 5.90. The van der Waals surface area contributed by atoms with Crippen LogP contribution in [0.15, 0.2) is 53.7 Å². The molecule has 156 valence electrons. The van der Waals surface area contributed by atoms with E-state index < -0.39 is 5.56 Å². The van der Waals surface area contributed by atoms with Gasteiger partial charge in [-0.25, -0.2) is 4.98 Å².